The van der Waals surface area contributed by atoms with Gasteiger partial charge in [-0.15, -0.1) is 0 Å². The number of halogens is 1. The number of nitrogens with one attached hydrogen (secondary N) is 1. The van der Waals surface area contributed by atoms with Crippen LogP contribution >= 0.6 is 11.6 Å². The van der Waals surface area contributed by atoms with Crippen LogP contribution in [-0.4, -0.2) is 39.2 Å². The summed E-state index contributed by atoms with van der Waals surface area (Å²) in [6.07, 6.45) is 1.05. The number of hydrogen-bond acceptors (Lipinski definition) is 5. The molecule has 0 aliphatic carbocycles. The maximum atomic E-state index is 12.9. The summed E-state index contributed by atoms with van der Waals surface area (Å²) in [4.78, 5) is 24.9. The Bertz CT molecular complexity index is 1050. The topological polar surface area (TPSA) is 92.8 Å². The first-order chi connectivity index (χ1) is 13.9. The highest BCUT2D eigenvalue weighted by Crippen LogP contribution is 2.25. The third kappa shape index (κ3) is 5.73. The van der Waals surface area contributed by atoms with Crippen LogP contribution in [0.15, 0.2) is 36.4 Å². The number of nitrogens with zero attached hydrogens (tertiary/aromatic N) is 1. The molecule has 2 aromatic carbocycles. The molecule has 0 fully saturated rings. The van der Waals surface area contributed by atoms with Gasteiger partial charge in [0.05, 0.1) is 29.1 Å². The highest BCUT2D eigenvalue weighted by Gasteiger charge is 2.29. The fourth-order valence-corrected chi connectivity index (χ4v) is 4.45. The number of rotatable bonds is 7. The number of aryl methyl sites for hydroxylation is 2. The molecule has 0 spiro atoms. The molecule has 2 aromatic rings. The highest BCUT2D eigenvalue weighted by molar-refractivity contribution is 7.92. The van der Waals surface area contributed by atoms with E-state index in [-0.39, 0.29) is 17.2 Å². The van der Waals surface area contributed by atoms with E-state index in [0.717, 1.165) is 21.7 Å². The Morgan fingerprint density at radius 1 is 1.13 bits per heavy atom. The molecule has 0 heterocycles. The lowest BCUT2D eigenvalue weighted by Crippen LogP contribution is -2.45. The van der Waals surface area contributed by atoms with Crippen LogP contribution in [-0.2, 0) is 19.6 Å². The number of benzene rings is 2. The SMILES string of the molecule is CCOC(=O)c1cc(NC(=O)[C@H](C)N(c2cc(C)cc(C)c2)S(C)(=O)=O)ccc1Cl. The fourth-order valence-electron chi connectivity index (χ4n) is 3.10. The number of esters is 1. The summed E-state index contributed by atoms with van der Waals surface area (Å²) in [6, 6.07) is 8.68. The summed E-state index contributed by atoms with van der Waals surface area (Å²) in [5.41, 5.74) is 2.57. The third-order valence-electron chi connectivity index (χ3n) is 4.28. The number of sulfonamides is 1. The summed E-state index contributed by atoms with van der Waals surface area (Å²) < 4.78 is 31.0. The molecule has 162 valence electrons. The minimum Gasteiger partial charge on any atom is -0.462 e. The van der Waals surface area contributed by atoms with E-state index in [9.17, 15) is 18.0 Å². The molecule has 9 heteroatoms. The number of anilines is 2. The van der Waals surface area contributed by atoms with Gasteiger partial charge < -0.3 is 10.1 Å². The Labute approximate surface area is 182 Å². The zero-order valence-corrected chi connectivity index (χ0v) is 19.1. The average molecular weight is 453 g/mol. The van der Waals surface area contributed by atoms with E-state index in [1.54, 1.807) is 19.1 Å². The van der Waals surface area contributed by atoms with Gasteiger partial charge in [0.15, 0.2) is 0 Å². The Hall–Kier alpha value is -2.58. The molecule has 0 aliphatic rings. The van der Waals surface area contributed by atoms with Gasteiger partial charge in [0.25, 0.3) is 0 Å². The average Bonchev–Trinajstić information content (AvgIpc) is 2.61. The number of carbonyl (C=O) groups excluding carboxylic acids is 2. The van der Waals surface area contributed by atoms with E-state index in [0.29, 0.717) is 11.4 Å². The summed E-state index contributed by atoms with van der Waals surface area (Å²) in [6.45, 7) is 7.06. The monoisotopic (exact) mass is 452 g/mol. The molecule has 1 N–H and O–H groups in total. The maximum absolute atomic E-state index is 12.9. The molecule has 1 amide bonds. The van der Waals surface area contributed by atoms with Crippen LogP contribution in [0.4, 0.5) is 11.4 Å². The molecule has 0 saturated heterocycles. The molecule has 1 atom stereocenters. The number of hydrogen-bond donors (Lipinski definition) is 1. The Balaban J connectivity index is 2.34. The van der Waals surface area contributed by atoms with Gasteiger partial charge in [0.2, 0.25) is 15.9 Å². The van der Waals surface area contributed by atoms with E-state index in [1.165, 1.54) is 25.1 Å². The predicted octanol–water partition coefficient (Wildman–Crippen LogP) is 3.93. The van der Waals surface area contributed by atoms with Gasteiger partial charge in [-0.2, -0.15) is 0 Å². The lowest BCUT2D eigenvalue weighted by atomic mass is 10.1. The molecular weight excluding hydrogens is 428 g/mol. The number of ether oxygens (including phenoxy) is 1. The molecule has 0 aromatic heterocycles. The number of carbonyl (C=O) groups is 2. The van der Waals surface area contributed by atoms with Crippen molar-refractivity contribution in [2.75, 3.05) is 22.5 Å². The lowest BCUT2D eigenvalue weighted by molar-refractivity contribution is -0.116. The van der Waals surface area contributed by atoms with E-state index in [2.05, 4.69) is 5.32 Å². The van der Waals surface area contributed by atoms with Crippen molar-refractivity contribution in [1.82, 2.24) is 0 Å². The van der Waals surface area contributed by atoms with Crippen molar-refractivity contribution in [3.05, 3.63) is 58.1 Å². The summed E-state index contributed by atoms with van der Waals surface area (Å²) >= 11 is 6.04. The second-order valence-electron chi connectivity index (χ2n) is 6.99. The first-order valence-corrected chi connectivity index (χ1v) is 11.5. The molecule has 0 bridgehead atoms. The second kappa shape index (κ2) is 9.49. The first-order valence-electron chi connectivity index (χ1n) is 9.29. The van der Waals surface area contributed by atoms with Crippen molar-refractivity contribution in [3.63, 3.8) is 0 Å². The standard InChI is InChI=1S/C21H25ClN2O5S/c1-6-29-21(26)18-12-16(7-8-19(18)22)23-20(25)15(4)24(30(5,27)28)17-10-13(2)9-14(3)11-17/h7-12,15H,6H2,1-5H3,(H,23,25)/t15-/m0/s1. The van der Waals surface area contributed by atoms with E-state index >= 15 is 0 Å². The zero-order chi connectivity index (χ0) is 22.6. The van der Waals surface area contributed by atoms with E-state index in [4.69, 9.17) is 16.3 Å². The summed E-state index contributed by atoms with van der Waals surface area (Å²) in [5.74, 6) is -1.17. The van der Waals surface area contributed by atoms with E-state index < -0.39 is 27.9 Å². The first kappa shape index (κ1) is 23.7. The van der Waals surface area contributed by atoms with Crippen LogP contribution < -0.4 is 9.62 Å². The third-order valence-corrected chi connectivity index (χ3v) is 5.85. The van der Waals surface area contributed by atoms with Crippen molar-refractivity contribution < 1.29 is 22.7 Å². The van der Waals surface area contributed by atoms with Crippen molar-refractivity contribution in [1.29, 1.82) is 0 Å². The number of amides is 1. The second-order valence-corrected chi connectivity index (χ2v) is 9.25. The molecule has 0 saturated carbocycles. The molecule has 7 nitrogen and oxygen atoms in total. The predicted molar refractivity (Wildman–Crippen MR) is 119 cm³/mol. The molecule has 30 heavy (non-hydrogen) atoms. The maximum Gasteiger partial charge on any atom is 0.339 e. The van der Waals surface area contributed by atoms with E-state index in [1.807, 2.05) is 19.9 Å². The van der Waals surface area contributed by atoms with Crippen LogP contribution in [0.2, 0.25) is 5.02 Å². The van der Waals surface area contributed by atoms with Gasteiger partial charge in [-0.25, -0.2) is 13.2 Å². The molecule has 0 unspecified atom stereocenters. The molecule has 0 radical (unpaired) electrons. The van der Waals surface area contributed by atoms with Gasteiger partial charge >= 0.3 is 5.97 Å². The van der Waals surface area contributed by atoms with Gasteiger partial charge in [-0.05, 0) is 69.2 Å². The van der Waals surface area contributed by atoms with Crippen LogP contribution in [0.1, 0.15) is 35.3 Å². The lowest BCUT2D eigenvalue weighted by Gasteiger charge is -2.29. The van der Waals surface area contributed by atoms with Crippen LogP contribution in [0.5, 0.6) is 0 Å². The van der Waals surface area contributed by atoms with Gasteiger partial charge in [0.1, 0.15) is 6.04 Å². The minimum absolute atomic E-state index is 0.109. The van der Waals surface area contributed by atoms with Crippen LogP contribution in [0.25, 0.3) is 0 Å². The highest BCUT2D eigenvalue weighted by atomic mass is 35.5. The Kier molecular flexibility index (Phi) is 7.49. The Morgan fingerprint density at radius 3 is 2.27 bits per heavy atom. The smallest absolute Gasteiger partial charge is 0.339 e. The van der Waals surface area contributed by atoms with Crippen molar-refractivity contribution >= 4 is 44.9 Å². The fraction of sp³-hybridized carbons (Fsp3) is 0.333. The molecular formula is C21H25ClN2O5S. The van der Waals surface area contributed by atoms with Gasteiger partial charge in [0, 0.05) is 5.69 Å². The van der Waals surface area contributed by atoms with Gasteiger partial charge in [-0.3, -0.25) is 9.10 Å². The summed E-state index contributed by atoms with van der Waals surface area (Å²) in [7, 11) is -3.75. The van der Waals surface area contributed by atoms with Crippen molar-refractivity contribution in [2.45, 2.75) is 33.7 Å². The largest absolute Gasteiger partial charge is 0.462 e. The molecule has 0 aliphatic heterocycles. The van der Waals surface area contributed by atoms with Crippen LogP contribution in [0.3, 0.4) is 0 Å². The Morgan fingerprint density at radius 2 is 1.73 bits per heavy atom. The van der Waals surface area contributed by atoms with Crippen LogP contribution in [0, 0.1) is 13.8 Å². The zero-order valence-electron chi connectivity index (χ0n) is 17.5. The quantitative estimate of drug-likeness (QED) is 0.642. The molecule has 2 rings (SSSR count). The minimum atomic E-state index is -3.75. The van der Waals surface area contributed by atoms with Gasteiger partial charge in [-0.1, -0.05) is 17.7 Å². The van der Waals surface area contributed by atoms with Crippen molar-refractivity contribution in [3.8, 4) is 0 Å². The summed E-state index contributed by atoms with van der Waals surface area (Å²) in [5, 5.41) is 2.83. The van der Waals surface area contributed by atoms with Crippen molar-refractivity contribution in [2.24, 2.45) is 0 Å². The normalized spacial score (nSPS) is 12.2.